The van der Waals surface area contributed by atoms with E-state index in [-0.39, 0.29) is 4.99 Å². The molecule has 1 aromatic heterocycles. The maximum absolute atomic E-state index is 5.58. The number of benzene rings is 1. The Morgan fingerprint density at radius 2 is 1.94 bits per heavy atom. The molecule has 0 atom stereocenters. The molecule has 17 heavy (non-hydrogen) atoms. The zero-order chi connectivity index (χ0) is 12.3. The molecule has 0 saturated carbocycles. The molecule has 2 aromatic rings. The van der Waals surface area contributed by atoms with E-state index in [4.69, 9.17) is 22.7 Å². The Labute approximate surface area is 104 Å². The van der Waals surface area contributed by atoms with E-state index >= 15 is 0 Å². The molecule has 0 saturated heterocycles. The van der Waals surface area contributed by atoms with E-state index < -0.39 is 0 Å². The number of nitrogens with zero attached hydrogens (tertiary/aromatic N) is 2. The average Bonchev–Trinajstić information content (AvgIpc) is 2.32. The molecule has 86 valence electrons. The Kier molecular flexibility index (Phi) is 3.30. The highest BCUT2D eigenvalue weighted by atomic mass is 32.1. The minimum atomic E-state index is 0.238. The number of nitrogens with two attached hydrogens (primary N) is 1. The summed E-state index contributed by atoms with van der Waals surface area (Å²) in [7, 11) is 0. The van der Waals surface area contributed by atoms with E-state index in [2.05, 4.69) is 10.2 Å². The molecular formula is C12H11N3OS. The molecule has 0 spiro atoms. The highest BCUT2D eigenvalue weighted by Crippen LogP contribution is 2.22. The van der Waals surface area contributed by atoms with Crippen LogP contribution >= 0.6 is 12.2 Å². The van der Waals surface area contributed by atoms with Crippen molar-refractivity contribution in [2.75, 3.05) is 0 Å². The van der Waals surface area contributed by atoms with Gasteiger partial charge in [0.1, 0.15) is 10.7 Å². The summed E-state index contributed by atoms with van der Waals surface area (Å²) in [5.41, 5.74) is 7.31. The normalized spacial score (nSPS) is 9.94. The van der Waals surface area contributed by atoms with E-state index in [1.165, 1.54) is 6.20 Å². The van der Waals surface area contributed by atoms with Crippen LogP contribution in [0, 0.1) is 6.92 Å². The molecule has 2 rings (SSSR count). The van der Waals surface area contributed by atoms with Gasteiger partial charge in [0.2, 0.25) is 5.88 Å². The van der Waals surface area contributed by atoms with Crippen LogP contribution in [0.1, 0.15) is 11.1 Å². The summed E-state index contributed by atoms with van der Waals surface area (Å²) in [6.45, 7) is 2.01. The van der Waals surface area contributed by atoms with E-state index in [0.29, 0.717) is 17.2 Å². The molecule has 0 aliphatic carbocycles. The van der Waals surface area contributed by atoms with Crippen LogP contribution in [0.4, 0.5) is 0 Å². The maximum Gasteiger partial charge on any atom is 0.249 e. The van der Waals surface area contributed by atoms with Crippen LogP contribution in [0.25, 0.3) is 0 Å². The van der Waals surface area contributed by atoms with Gasteiger partial charge in [-0.25, -0.2) is 0 Å². The number of ether oxygens (including phenoxy) is 1. The Balaban J connectivity index is 2.30. The van der Waals surface area contributed by atoms with Crippen molar-refractivity contribution in [1.29, 1.82) is 0 Å². The number of thiocarbonyl (C=S) groups is 1. The van der Waals surface area contributed by atoms with Crippen molar-refractivity contribution in [2.24, 2.45) is 5.73 Å². The van der Waals surface area contributed by atoms with Crippen molar-refractivity contribution in [3.8, 4) is 11.6 Å². The first-order valence-electron chi connectivity index (χ1n) is 5.03. The van der Waals surface area contributed by atoms with Crippen LogP contribution in [0.2, 0.25) is 0 Å². The summed E-state index contributed by atoms with van der Waals surface area (Å²) in [6.07, 6.45) is 1.52. The van der Waals surface area contributed by atoms with Gasteiger partial charge in [0.15, 0.2) is 0 Å². The molecule has 0 unspecified atom stereocenters. The fourth-order valence-corrected chi connectivity index (χ4v) is 1.46. The van der Waals surface area contributed by atoms with Crippen LogP contribution < -0.4 is 10.5 Å². The molecule has 5 heteroatoms. The number of aryl methyl sites for hydroxylation is 1. The van der Waals surface area contributed by atoms with Gasteiger partial charge in [0, 0.05) is 0 Å². The molecule has 0 aliphatic rings. The molecule has 2 N–H and O–H groups in total. The Morgan fingerprint density at radius 3 is 2.59 bits per heavy atom. The highest BCUT2D eigenvalue weighted by molar-refractivity contribution is 7.80. The van der Waals surface area contributed by atoms with Crippen molar-refractivity contribution in [2.45, 2.75) is 6.92 Å². The third-order valence-corrected chi connectivity index (χ3v) is 2.41. The summed E-state index contributed by atoms with van der Waals surface area (Å²) in [4.78, 5) is 0.238. The van der Waals surface area contributed by atoms with Gasteiger partial charge in [-0.2, -0.15) is 5.10 Å². The molecule has 0 fully saturated rings. The molecule has 0 aliphatic heterocycles. The van der Waals surface area contributed by atoms with Crippen molar-refractivity contribution in [1.82, 2.24) is 10.2 Å². The van der Waals surface area contributed by atoms with Gasteiger partial charge in [0.05, 0.1) is 11.8 Å². The van der Waals surface area contributed by atoms with Crippen molar-refractivity contribution >= 4 is 17.2 Å². The van der Waals surface area contributed by atoms with Crippen LogP contribution in [0.15, 0.2) is 36.5 Å². The minimum absolute atomic E-state index is 0.238. The average molecular weight is 245 g/mol. The van der Waals surface area contributed by atoms with E-state index in [0.717, 1.165) is 5.56 Å². The van der Waals surface area contributed by atoms with E-state index in [1.54, 1.807) is 6.07 Å². The van der Waals surface area contributed by atoms with Gasteiger partial charge in [-0.15, -0.1) is 5.10 Å². The molecule has 0 bridgehead atoms. The number of aromatic nitrogens is 2. The van der Waals surface area contributed by atoms with Gasteiger partial charge in [-0.3, -0.25) is 0 Å². The number of rotatable bonds is 3. The SMILES string of the molecule is Cc1ccc(Oc2nnccc2C(N)=S)cc1. The van der Waals surface area contributed by atoms with Gasteiger partial charge >= 0.3 is 0 Å². The lowest BCUT2D eigenvalue weighted by atomic mass is 10.2. The Morgan fingerprint density at radius 1 is 1.24 bits per heavy atom. The van der Waals surface area contributed by atoms with Crippen molar-refractivity contribution < 1.29 is 4.74 Å². The van der Waals surface area contributed by atoms with Crippen LogP contribution in [-0.4, -0.2) is 15.2 Å². The van der Waals surface area contributed by atoms with Crippen molar-refractivity contribution in [3.63, 3.8) is 0 Å². The van der Waals surface area contributed by atoms with Gasteiger partial charge in [-0.1, -0.05) is 29.9 Å². The third kappa shape index (κ3) is 2.76. The van der Waals surface area contributed by atoms with Gasteiger partial charge in [0.25, 0.3) is 0 Å². The van der Waals surface area contributed by atoms with E-state index in [9.17, 15) is 0 Å². The summed E-state index contributed by atoms with van der Waals surface area (Å²) in [6, 6.07) is 9.29. The van der Waals surface area contributed by atoms with Crippen LogP contribution in [0.3, 0.4) is 0 Å². The fraction of sp³-hybridized carbons (Fsp3) is 0.0833. The first-order chi connectivity index (χ1) is 8.16. The topological polar surface area (TPSA) is 61.0 Å². The molecule has 0 amide bonds. The Hall–Kier alpha value is -2.01. The third-order valence-electron chi connectivity index (χ3n) is 2.19. The first kappa shape index (κ1) is 11.5. The Bertz CT molecular complexity index is 540. The molecule has 1 aromatic carbocycles. The van der Waals surface area contributed by atoms with Crippen LogP contribution in [0.5, 0.6) is 11.6 Å². The lowest BCUT2D eigenvalue weighted by molar-refractivity contribution is 0.454. The largest absolute Gasteiger partial charge is 0.437 e. The van der Waals surface area contributed by atoms with Crippen molar-refractivity contribution in [3.05, 3.63) is 47.7 Å². The molecular weight excluding hydrogens is 234 g/mol. The maximum atomic E-state index is 5.58. The predicted molar refractivity (Wildman–Crippen MR) is 69.2 cm³/mol. The number of hydrogen-bond acceptors (Lipinski definition) is 4. The van der Waals surface area contributed by atoms with Gasteiger partial charge < -0.3 is 10.5 Å². The summed E-state index contributed by atoms with van der Waals surface area (Å²) >= 11 is 4.92. The molecule has 1 heterocycles. The second-order valence-corrected chi connectivity index (χ2v) is 3.97. The summed E-state index contributed by atoms with van der Waals surface area (Å²) in [5, 5.41) is 7.63. The fourth-order valence-electron chi connectivity index (χ4n) is 1.30. The predicted octanol–water partition coefficient (Wildman–Crippen LogP) is 2.21. The first-order valence-corrected chi connectivity index (χ1v) is 5.43. The lowest BCUT2D eigenvalue weighted by Crippen LogP contribution is -2.12. The lowest BCUT2D eigenvalue weighted by Gasteiger charge is -2.07. The molecule has 4 nitrogen and oxygen atoms in total. The highest BCUT2D eigenvalue weighted by Gasteiger charge is 2.08. The van der Waals surface area contributed by atoms with Crippen LogP contribution in [-0.2, 0) is 0 Å². The quantitative estimate of drug-likeness (QED) is 0.840. The van der Waals surface area contributed by atoms with Gasteiger partial charge in [-0.05, 0) is 25.1 Å². The zero-order valence-corrected chi connectivity index (χ0v) is 10.1. The second-order valence-electron chi connectivity index (χ2n) is 3.53. The minimum Gasteiger partial charge on any atom is -0.437 e. The monoisotopic (exact) mass is 245 g/mol. The zero-order valence-electron chi connectivity index (χ0n) is 9.25. The smallest absolute Gasteiger partial charge is 0.249 e. The molecule has 0 radical (unpaired) electrons. The second kappa shape index (κ2) is 4.88. The number of hydrogen-bond donors (Lipinski definition) is 1. The summed E-state index contributed by atoms with van der Waals surface area (Å²) in [5.74, 6) is 0.998. The van der Waals surface area contributed by atoms with E-state index in [1.807, 2.05) is 31.2 Å². The summed E-state index contributed by atoms with van der Waals surface area (Å²) < 4.78 is 5.58. The standard InChI is InChI=1S/C12H11N3OS/c1-8-2-4-9(5-3-8)16-12-10(11(13)17)6-7-14-15-12/h2-7H,1H3,(H2,13,17).